The molecule has 1 aliphatic heterocycles. The Morgan fingerprint density at radius 1 is 1.24 bits per heavy atom. The quantitative estimate of drug-likeness (QED) is 0.877. The van der Waals surface area contributed by atoms with Crippen LogP contribution >= 0.6 is 0 Å². The van der Waals surface area contributed by atoms with Crippen LogP contribution in [-0.4, -0.2) is 68.6 Å². The zero-order valence-electron chi connectivity index (χ0n) is 14.8. The predicted molar refractivity (Wildman–Crippen MR) is 93.9 cm³/mol. The highest BCUT2D eigenvalue weighted by atomic mass is 16.3. The Kier molecular flexibility index (Phi) is 5.15. The van der Waals surface area contributed by atoms with E-state index in [4.69, 9.17) is 0 Å². The second-order valence-corrected chi connectivity index (χ2v) is 6.99. The van der Waals surface area contributed by atoms with E-state index in [0.717, 1.165) is 19.6 Å². The summed E-state index contributed by atoms with van der Waals surface area (Å²) in [5.41, 5.74) is 0.783. The fraction of sp³-hybridized carbons (Fsp3) is 0.500. The molecule has 3 rings (SSSR count). The molecule has 1 saturated heterocycles. The molecule has 0 spiro atoms. The third kappa shape index (κ3) is 4.43. The molecule has 0 aliphatic carbocycles. The number of aliphatic hydroxyl groups is 1. The van der Waals surface area contributed by atoms with E-state index in [-0.39, 0.29) is 5.91 Å². The smallest absolute Gasteiger partial charge is 0.275 e. The lowest BCUT2D eigenvalue weighted by molar-refractivity contribution is -0.0383. The molecule has 0 saturated carbocycles. The van der Waals surface area contributed by atoms with Crippen LogP contribution in [0, 0.1) is 0 Å². The van der Waals surface area contributed by atoms with Crippen molar-refractivity contribution in [1.29, 1.82) is 0 Å². The molecule has 2 heterocycles. The molecule has 134 valence electrons. The van der Waals surface area contributed by atoms with Crippen molar-refractivity contribution in [3.05, 3.63) is 47.8 Å². The number of carbonyl (C=O) groups is 1. The number of rotatable bonds is 5. The van der Waals surface area contributed by atoms with Crippen LogP contribution in [0.15, 0.2) is 36.5 Å². The number of piperidine rings is 1. The average molecular weight is 343 g/mol. The van der Waals surface area contributed by atoms with E-state index in [1.807, 2.05) is 18.2 Å². The maximum Gasteiger partial charge on any atom is 0.275 e. The van der Waals surface area contributed by atoms with E-state index < -0.39 is 5.60 Å². The van der Waals surface area contributed by atoms with Gasteiger partial charge in [0.15, 0.2) is 5.69 Å². The lowest BCUT2D eigenvalue weighted by Crippen LogP contribution is -2.46. The minimum atomic E-state index is -0.806. The van der Waals surface area contributed by atoms with Gasteiger partial charge in [-0.3, -0.25) is 9.69 Å². The van der Waals surface area contributed by atoms with E-state index in [9.17, 15) is 9.90 Å². The first-order valence-electron chi connectivity index (χ1n) is 8.56. The van der Waals surface area contributed by atoms with Crippen LogP contribution in [0.2, 0.25) is 0 Å². The topological polar surface area (TPSA) is 74.5 Å². The fourth-order valence-electron chi connectivity index (χ4n) is 3.13. The predicted octanol–water partition coefficient (Wildman–Crippen LogP) is 1.01. The van der Waals surface area contributed by atoms with Gasteiger partial charge < -0.3 is 10.0 Å². The lowest BCUT2D eigenvalue weighted by atomic mass is 9.91. The second kappa shape index (κ2) is 7.33. The molecule has 0 radical (unpaired) electrons. The van der Waals surface area contributed by atoms with Crippen molar-refractivity contribution >= 4 is 5.91 Å². The third-order valence-electron chi connectivity index (χ3n) is 4.66. The second-order valence-electron chi connectivity index (χ2n) is 6.99. The zero-order valence-corrected chi connectivity index (χ0v) is 14.8. The Labute approximate surface area is 147 Å². The van der Waals surface area contributed by atoms with Crippen LogP contribution in [0.3, 0.4) is 0 Å². The molecule has 1 amide bonds. The molecule has 1 aromatic carbocycles. The Morgan fingerprint density at radius 2 is 1.92 bits per heavy atom. The number of aromatic nitrogens is 3. The SMILES string of the molecule is CN(C)C(=O)c1cn(CC2(O)CCN(Cc3ccccc3)CC2)nn1. The number of nitrogens with zero attached hydrogens (tertiary/aromatic N) is 5. The van der Waals surface area contributed by atoms with E-state index in [1.54, 1.807) is 25.0 Å². The molecule has 0 unspecified atom stereocenters. The third-order valence-corrected chi connectivity index (χ3v) is 4.66. The summed E-state index contributed by atoms with van der Waals surface area (Å²) in [6.45, 7) is 2.94. The molecule has 0 bridgehead atoms. The van der Waals surface area contributed by atoms with E-state index in [2.05, 4.69) is 27.3 Å². The first kappa shape index (κ1) is 17.6. The maximum atomic E-state index is 11.9. The van der Waals surface area contributed by atoms with Crippen LogP contribution in [0.25, 0.3) is 0 Å². The molecular formula is C18H25N5O2. The standard InChI is InChI=1S/C18H25N5O2/c1-21(2)17(24)16-13-23(20-19-16)14-18(25)8-10-22(11-9-18)12-15-6-4-3-5-7-15/h3-7,13,25H,8-12,14H2,1-2H3. The number of hydrogen-bond donors (Lipinski definition) is 1. The average Bonchev–Trinajstić information content (AvgIpc) is 3.05. The van der Waals surface area contributed by atoms with E-state index in [1.165, 1.54) is 10.5 Å². The first-order chi connectivity index (χ1) is 12.0. The van der Waals surface area contributed by atoms with Gasteiger partial charge in [-0.2, -0.15) is 0 Å². The van der Waals surface area contributed by atoms with Crippen molar-refractivity contribution in [3.8, 4) is 0 Å². The van der Waals surface area contributed by atoms with Gasteiger partial charge in [-0.05, 0) is 18.4 Å². The Hall–Kier alpha value is -2.25. The van der Waals surface area contributed by atoms with E-state index >= 15 is 0 Å². The molecule has 2 aromatic rings. The van der Waals surface area contributed by atoms with Gasteiger partial charge in [0.05, 0.1) is 18.3 Å². The minimum Gasteiger partial charge on any atom is -0.388 e. The summed E-state index contributed by atoms with van der Waals surface area (Å²) >= 11 is 0. The molecule has 1 fully saturated rings. The Morgan fingerprint density at radius 3 is 2.56 bits per heavy atom. The molecule has 1 N–H and O–H groups in total. The highest BCUT2D eigenvalue weighted by molar-refractivity contribution is 5.91. The molecule has 0 atom stereocenters. The van der Waals surface area contributed by atoms with Gasteiger partial charge >= 0.3 is 0 Å². The van der Waals surface area contributed by atoms with Crippen molar-refractivity contribution in [2.45, 2.75) is 31.5 Å². The van der Waals surface area contributed by atoms with Crippen LogP contribution in [0.4, 0.5) is 0 Å². The summed E-state index contributed by atoms with van der Waals surface area (Å²) in [6.07, 6.45) is 2.96. The normalized spacial score (nSPS) is 17.4. The summed E-state index contributed by atoms with van der Waals surface area (Å²) in [4.78, 5) is 15.7. The number of likely N-dealkylation sites (tertiary alicyclic amines) is 1. The van der Waals surface area contributed by atoms with Crippen molar-refractivity contribution < 1.29 is 9.90 Å². The number of benzene rings is 1. The summed E-state index contributed by atoms with van der Waals surface area (Å²) in [6, 6.07) is 10.4. The highest BCUT2D eigenvalue weighted by Gasteiger charge is 2.33. The summed E-state index contributed by atoms with van der Waals surface area (Å²) < 4.78 is 1.57. The van der Waals surface area contributed by atoms with Crippen LogP contribution < -0.4 is 0 Å². The molecule has 7 heteroatoms. The van der Waals surface area contributed by atoms with Crippen LogP contribution in [0.1, 0.15) is 28.9 Å². The van der Waals surface area contributed by atoms with E-state index in [0.29, 0.717) is 25.1 Å². The summed E-state index contributed by atoms with van der Waals surface area (Å²) in [5.74, 6) is -0.184. The van der Waals surface area contributed by atoms with Gasteiger partial charge in [-0.25, -0.2) is 4.68 Å². The first-order valence-corrected chi connectivity index (χ1v) is 8.56. The van der Waals surface area contributed by atoms with Crippen LogP contribution in [-0.2, 0) is 13.1 Å². The maximum absolute atomic E-state index is 11.9. The Bertz CT molecular complexity index is 705. The number of carbonyl (C=O) groups excluding carboxylic acids is 1. The van der Waals surface area contributed by atoms with Gasteiger partial charge in [0.1, 0.15) is 0 Å². The van der Waals surface area contributed by atoms with Gasteiger partial charge in [0.2, 0.25) is 0 Å². The summed E-state index contributed by atoms with van der Waals surface area (Å²) in [5, 5.41) is 18.8. The van der Waals surface area contributed by atoms with Crippen molar-refractivity contribution in [2.24, 2.45) is 0 Å². The van der Waals surface area contributed by atoms with Gasteiger partial charge in [-0.15, -0.1) is 5.10 Å². The summed E-state index contributed by atoms with van der Waals surface area (Å²) in [7, 11) is 3.36. The van der Waals surface area contributed by atoms with Crippen LogP contribution in [0.5, 0.6) is 0 Å². The zero-order chi connectivity index (χ0) is 17.9. The van der Waals surface area contributed by atoms with Crippen molar-refractivity contribution in [3.63, 3.8) is 0 Å². The molecule has 1 aromatic heterocycles. The van der Waals surface area contributed by atoms with Crippen molar-refractivity contribution in [1.82, 2.24) is 24.8 Å². The molecular weight excluding hydrogens is 318 g/mol. The number of amides is 1. The minimum absolute atomic E-state index is 0.184. The Balaban J connectivity index is 1.55. The monoisotopic (exact) mass is 343 g/mol. The molecule has 25 heavy (non-hydrogen) atoms. The number of hydrogen-bond acceptors (Lipinski definition) is 5. The fourth-order valence-corrected chi connectivity index (χ4v) is 3.13. The lowest BCUT2D eigenvalue weighted by Gasteiger charge is -2.38. The largest absolute Gasteiger partial charge is 0.388 e. The van der Waals surface area contributed by atoms with Crippen molar-refractivity contribution in [2.75, 3.05) is 27.2 Å². The highest BCUT2D eigenvalue weighted by Crippen LogP contribution is 2.25. The van der Waals surface area contributed by atoms with Gasteiger partial charge in [0, 0.05) is 33.7 Å². The van der Waals surface area contributed by atoms with Gasteiger partial charge in [0.25, 0.3) is 5.91 Å². The molecule has 7 nitrogen and oxygen atoms in total. The van der Waals surface area contributed by atoms with Gasteiger partial charge in [-0.1, -0.05) is 35.5 Å². The molecule has 1 aliphatic rings.